The summed E-state index contributed by atoms with van der Waals surface area (Å²) < 4.78 is 0. The Balaban J connectivity index is 0.00000341. The van der Waals surface area contributed by atoms with Crippen molar-refractivity contribution in [3.05, 3.63) is 61.1 Å². The molecule has 2 aromatic heterocycles. The maximum absolute atomic E-state index is 12.3. The molecular formula is C20H18Cl2KN3O3S2. The van der Waals surface area contributed by atoms with Gasteiger partial charge in [-0.15, -0.1) is 22.7 Å². The fourth-order valence-electron chi connectivity index (χ4n) is 2.50. The van der Waals surface area contributed by atoms with Crippen molar-refractivity contribution in [2.45, 2.75) is 6.92 Å². The summed E-state index contributed by atoms with van der Waals surface area (Å²) in [6.07, 6.45) is 0. The van der Waals surface area contributed by atoms with Gasteiger partial charge in [0.05, 0.1) is 36.0 Å². The fourth-order valence-corrected chi connectivity index (χ4v) is 4.71. The first-order valence-corrected chi connectivity index (χ1v) is 11.1. The van der Waals surface area contributed by atoms with Crippen LogP contribution in [0.15, 0.2) is 40.8 Å². The van der Waals surface area contributed by atoms with Crippen LogP contribution >= 0.6 is 45.9 Å². The van der Waals surface area contributed by atoms with Crippen LogP contribution in [0, 0.1) is 0 Å². The average molecular weight is 523 g/mol. The molecule has 11 heteroatoms. The number of rotatable bonds is 5. The molecule has 158 valence electrons. The standard InChI is InChI=1S/C20H17Cl2N3O3S2.K.H/c1-10(23-24-19(27)15-6-7-16(30-15)20(28)25(2)3)12-9-29-18(17(12)26)11-4-5-13(21)14(22)8-11;;/h4-9,26H,1-3H3,(H,24,27);;/b23-10-;;. The van der Waals surface area contributed by atoms with Gasteiger partial charge in [0.15, 0.2) is 0 Å². The summed E-state index contributed by atoms with van der Waals surface area (Å²) >= 11 is 14.4. The third-order valence-electron chi connectivity index (χ3n) is 4.11. The van der Waals surface area contributed by atoms with Gasteiger partial charge in [-0.05, 0) is 36.8 Å². The summed E-state index contributed by atoms with van der Waals surface area (Å²) in [4.78, 5) is 27.2. The van der Waals surface area contributed by atoms with Crippen molar-refractivity contribution in [2.75, 3.05) is 14.1 Å². The summed E-state index contributed by atoms with van der Waals surface area (Å²) in [5.74, 6) is -0.558. The summed E-state index contributed by atoms with van der Waals surface area (Å²) in [5, 5.41) is 17.3. The van der Waals surface area contributed by atoms with Crippen LogP contribution < -0.4 is 5.43 Å². The second-order valence-electron chi connectivity index (χ2n) is 6.46. The van der Waals surface area contributed by atoms with Gasteiger partial charge < -0.3 is 10.0 Å². The van der Waals surface area contributed by atoms with Crippen LogP contribution in [0.4, 0.5) is 0 Å². The first kappa shape index (κ1) is 26.5. The van der Waals surface area contributed by atoms with E-state index in [4.69, 9.17) is 23.2 Å². The zero-order chi connectivity index (χ0) is 22.0. The molecule has 0 atom stereocenters. The third kappa shape index (κ3) is 6.19. The average Bonchev–Trinajstić information content (AvgIpc) is 3.34. The van der Waals surface area contributed by atoms with E-state index < -0.39 is 5.91 Å². The zero-order valence-corrected chi connectivity index (χ0v) is 19.3. The normalized spacial score (nSPS) is 11.1. The second-order valence-corrected chi connectivity index (χ2v) is 9.24. The third-order valence-corrected chi connectivity index (χ3v) is 6.94. The number of thiophene rings is 2. The van der Waals surface area contributed by atoms with E-state index in [-0.39, 0.29) is 63.0 Å². The molecule has 0 aliphatic carbocycles. The number of nitrogens with zero attached hydrogens (tertiary/aromatic N) is 2. The number of halogens is 2. The van der Waals surface area contributed by atoms with Crippen LogP contribution in [0.1, 0.15) is 31.8 Å². The number of hydrogen-bond acceptors (Lipinski definition) is 6. The van der Waals surface area contributed by atoms with E-state index in [1.807, 2.05) is 0 Å². The van der Waals surface area contributed by atoms with Crippen LogP contribution in [0.3, 0.4) is 0 Å². The van der Waals surface area contributed by atoms with Crippen molar-refractivity contribution in [3.63, 3.8) is 0 Å². The first-order chi connectivity index (χ1) is 14.2. The molecule has 1 aromatic carbocycles. The Labute approximate surface area is 240 Å². The van der Waals surface area contributed by atoms with Crippen LogP contribution in [-0.4, -0.2) is 93.0 Å². The van der Waals surface area contributed by atoms with Crippen LogP contribution in [0.5, 0.6) is 5.75 Å². The van der Waals surface area contributed by atoms with Gasteiger partial charge in [-0.2, -0.15) is 5.10 Å². The Kier molecular flexibility index (Phi) is 9.74. The number of aromatic hydroxyl groups is 1. The zero-order valence-electron chi connectivity index (χ0n) is 16.2. The SMILES string of the molecule is C/C(=N/NC(=O)c1ccc(C(=O)N(C)C)s1)c1csc(-c2ccc(Cl)c(Cl)c2)c1O.[KH]. The Morgan fingerprint density at radius 3 is 2.42 bits per heavy atom. The molecule has 0 bridgehead atoms. The molecule has 3 rings (SSSR count). The number of amides is 2. The number of carbonyl (C=O) groups excluding carboxylic acids is 2. The summed E-state index contributed by atoms with van der Waals surface area (Å²) in [6.45, 7) is 1.68. The molecule has 3 aromatic rings. The summed E-state index contributed by atoms with van der Waals surface area (Å²) in [6, 6.07) is 8.28. The Morgan fingerprint density at radius 1 is 1.10 bits per heavy atom. The van der Waals surface area contributed by atoms with Crippen LogP contribution in [0.2, 0.25) is 10.0 Å². The number of hydrazone groups is 1. The van der Waals surface area contributed by atoms with Crippen molar-refractivity contribution < 1.29 is 14.7 Å². The van der Waals surface area contributed by atoms with Crippen LogP contribution in [-0.2, 0) is 0 Å². The molecule has 0 spiro atoms. The maximum atomic E-state index is 12.3. The molecular weight excluding hydrogens is 504 g/mol. The van der Waals surface area contributed by atoms with E-state index in [9.17, 15) is 14.7 Å². The van der Waals surface area contributed by atoms with Gasteiger partial charge in [0.2, 0.25) is 0 Å². The summed E-state index contributed by atoms with van der Waals surface area (Å²) in [7, 11) is 3.30. The van der Waals surface area contributed by atoms with Gasteiger partial charge >= 0.3 is 51.4 Å². The Morgan fingerprint density at radius 2 is 1.77 bits per heavy atom. The molecule has 0 aliphatic rings. The molecule has 2 heterocycles. The molecule has 2 amide bonds. The van der Waals surface area contributed by atoms with Crippen LogP contribution in [0.25, 0.3) is 10.4 Å². The number of nitrogens with one attached hydrogen (secondary N) is 1. The van der Waals surface area contributed by atoms with Gasteiger partial charge in [0.25, 0.3) is 11.8 Å². The van der Waals surface area contributed by atoms with Gasteiger partial charge in [-0.3, -0.25) is 9.59 Å². The van der Waals surface area contributed by atoms with E-state index in [0.29, 0.717) is 36.0 Å². The molecule has 0 radical (unpaired) electrons. The molecule has 31 heavy (non-hydrogen) atoms. The number of carbonyl (C=O) groups is 2. The van der Waals surface area contributed by atoms with E-state index >= 15 is 0 Å². The molecule has 0 saturated carbocycles. The monoisotopic (exact) mass is 521 g/mol. The van der Waals surface area contributed by atoms with Gasteiger partial charge in [0.1, 0.15) is 5.75 Å². The van der Waals surface area contributed by atoms with Crippen molar-refractivity contribution in [1.29, 1.82) is 0 Å². The quantitative estimate of drug-likeness (QED) is 0.290. The van der Waals surface area contributed by atoms with Crippen molar-refractivity contribution in [2.24, 2.45) is 5.10 Å². The van der Waals surface area contributed by atoms with Gasteiger partial charge in [-0.1, -0.05) is 29.3 Å². The number of hydrogen-bond donors (Lipinski definition) is 2. The van der Waals surface area contributed by atoms with Gasteiger partial charge in [0, 0.05) is 19.5 Å². The Bertz CT molecular complexity index is 1160. The molecule has 2 N–H and O–H groups in total. The Hall–Kier alpha value is -0.754. The predicted molar refractivity (Wildman–Crippen MR) is 131 cm³/mol. The van der Waals surface area contributed by atoms with Crippen molar-refractivity contribution in [3.8, 4) is 16.2 Å². The minimum absolute atomic E-state index is 0. The second kappa shape index (κ2) is 11.4. The van der Waals surface area contributed by atoms with E-state index in [1.54, 1.807) is 56.7 Å². The molecule has 0 aliphatic heterocycles. The van der Waals surface area contributed by atoms with Crippen molar-refractivity contribution >= 4 is 115 Å². The first-order valence-electron chi connectivity index (χ1n) is 8.61. The molecule has 0 unspecified atom stereocenters. The summed E-state index contributed by atoms with van der Waals surface area (Å²) in [5.41, 5.74) is 4.12. The molecule has 0 saturated heterocycles. The molecule has 6 nitrogen and oxygen atoms in total. The van der Waals surface area contributed by atoms with E-state index in [2.05, 4.69) is 10.5 Å². The minimum atomic E-state index is -0.434. The van der Waals surface area contributed by atoms with E-state index in [0.717, 1.165) is 16.9 Å². The molecule has 0 fully saturated rings. The van der Waals surface area contributed by atoms with Gasteiger partial charge in [-0.25, -0.2) is 5.43 Å². The van der Waals surface area contributed by atoms with E-state index in [1.165, 1.54) is 16.2 Å². The number of benzene rings is 1. The van der Waals surface area contributed by atoms with Crippen molar-refractivity contribution in [1.82, 2.24) is 10.3 Å². The predicted octanol–water partition coefficient (Wildman–Crippen LogP) is 4.70. The topological polar surface area (TPSA) is 82.0 Å². The fraction of sp³-hybridized carbons (Fsp3) is 0.150.